The van der Waals surface area contributed by atoms with Gasteiger partial charge in [0, 0.05) is 5.69 Å². The molecule has 0 radical (unpaired) electrons. The van der Waals surface area contributed by atoms with Crippen LogP contribution in [-0.2, 0) is 9.59 Å². The van der Waals surface area contributed by atoms with Gasteiger partial charge >= 0.3 is 0 Å². The Bertz CT molecular complexity index is 1280. The van der Waals surface area contributed by atoms with Gasteiger partial charge in [0.25, 0.3) is 17.1 Å². The molecule has 0 spiro atoms. The molecule has 0 unspecified atom stereocenters. The van der Waals surface area contributed by atoms with Crippen molar-refractivity contribution in [1.82, 2.24) is 4.90 Å². The number of para-hydroxylation sites is 3. The molecule has 4 rings (SSSR count). The smallest absolute Gasteiger partial charge is 0.293 e. The number of rotatable bonds is 10. The van der Waals surface area contributed by atoms with E-state index in [0.717, 1.165) is 16.7 Å². The average Bonchev–Trinajstić information content (AvgIpc) is 3.16. The Labute approximate surface area is 212 Å². The highest BCUT2D eigenvalue weighted by atomic mass is 32.2. The van der Waals surface area contributed by atoms with E-state index < -0.39 is 0 Å². The van der Waals surface area contributed by atoms with Gasteiger partial charge in [0.15, 0.2) is 18.1 Å². The fraction of sp³-hybridized carbons (Fsp3) is 0.148. The summed E-state index contributed by atoms with van der Waals surface area (Å²) >= 11 is 0.869. The van der Waals surface area contributed by atoms with E-state index in [2.05, 4.69) is 5.32 Å². The van der Waals surface area contributed by atoms with Gasteiger partial charge in [-0.2, -0.15) is 0 Å². The lowest BCUT2D eigenvalue weighted by molar-refractivity contribution is -0.123. The third-order valence-electron chi connectivity index (χ3n) is 5.10. The minimum Gasteiger partial charge on any atom is -0.493 e. The van der Waals surface area contributed by atoms with Gasteiger partial charge in [-0.1, -0.05) is 42.5 Å². The molecule has 1 heterocycles. The molecule has 9 heteroatoms. The Balaban J connectivity index is 1.33. The Morgan fingerprint density at radius 3 is 2.47 bits per heavy atom. The third kappa shape index (κ3) is 6.45. The monoisotopic (exact) mass is 504 g/mol. The molecule has 0 atom stereocenters. The molecule has 8 nitrogen and oxygen atoms in total. The molecule has 0 aromatic heterocycles. The van der Waals surface area contributed by atoms with Crippen LogP contribution in [0.5, 0.6) is 17.2 Å². The van der Waals surface area contributed by atoms with Crippen LogP contribution in [0.25, 0.3) is 6.08 Å². The highest BCUT2D eigenvalue weighted by Crippen LogP contribution is 2.33. The first kappa shape index (κ1) is 24.9. The molecule has 1 N–H and O–H groups in total. The summed E-state index contributed by atoms with van der Waals surface area (Å²) in [5, 5.41) is 2.39. The van der Waals surface area contributed by atoms with E-state index in [-0.39, 0.29) is 36.8 Å². The van der Waals surface area contributed by atoms with Crippen LogP contribution in [0.3, 0.4) is 0 Å². The van der Waals surface area contributed by atoms with Crippen molar-refractivity contribution in [1.29, 1.82) is 0 Å². The maximum Gasteiger partial charge on any atom is 0.293 e. The van der Waals surface area contributed by atoms with Crippen LogP contribution in [0.2, 0.25) is 0 Å². The summed E-state index contributed by atoms with van der Waals surface area (Å²) < 4.78 is 16.5. The fourth-order valence-corrected chi connectivity index (χ4v) is 4.26. The number of nitrogens with one attached hydrogen (secondary N) is 1. The zero-order valence-corrected chi connectivity index (χ0v) is 20.3. The van der Waals surface area contributed by atoms with Crippen LogP contribution < -0.4 is 19.5 Å². The van der Waals surface area contributed by atoms with Crippen LogP contribution in [0.1, 0.15) is 5.56 Å². The Morgan fingerprint density at radius 2 is 1.69 bits per heavy atom. The first-order valence-electron chi connectivity index (χ1n) is 11.1. The van der Waals surface area contributed by atoms with E-state index in [4.69, 9.17) is 14.2 Å². The number of methoxy groups -OCH3 is 1. The summed E-state index contributed by atoms with van der Waals surface area (Å²) in [7, 11) is 1.54. The quantitative estimate of drug-likeness (QED) is 0.395. The maximum absolute atomic E-state index is 12.8. The summed E-state index contributed by atoms with van der Waals surface area (Å²) in [5.41, 5.74) is 1.36. The Hall–Kier alpha value is -4.24. The van der Waals surface area contributed by atoms with Gasteiger partial charge in [0.2, 0.25) is 0 Å². The second kappa shape index (κ2) is 11.9. The number of carbonyl (C=O) groups excluding carboxylic acids is 3. The Morgan fingerprint density at radius 1 is 0.944 bits per heavy atom. The van der Waals surface area contributed by atoms with E-state index in [1.54, 1.807) is 61.7 Å². The van der Waals surface area contributed by atoms with Crippen LogP contribution >= 0.6 is 11.8 Å². The Kier molecular flexibility index (Phi) is 8.25. The van der Waals surface area contributed by atoms with Gasteiger partial charge < -0.3 is 19.5 Å². The molecule has 36 heavy (non-hydrogen) atoms. The van der Waals surface area contributed by atoms with Gasteiger partial charge in [-0.05, 0) is 59.8 Å². The van der Waals surface area contributed by atoms with E-state index >= 15 is 0 Å². The molecule has 184 valence electrons. The number of carbonyl (C=O) groups is 3. The third-order valence-corrected chi connectivity index (χ3v) is 6.01. The van der Waals surface area contributed by atoms with Gasteiger partial charge in [0.1, 0.15) is 12.4 Å². The van der Waals surface area contributed by atoms with Crippen molar-refractivity contribution in [3.63, 3.8) is 0 Å². The molecular weight excluding hydrogens is 480 g/mol. The minimum atomic E-state index is -0.387. The van der Waals surface area contributed by atoms with Crippen molar-refractivity contribution in [3.05, 3.63) is 89.3 Å². The maximum atomic E-state index is 12.8. The number of hydrogen-bond acceptors (Lipinski definition) is 7. The molecule has 3 aromatic rings. The molecule has 0 saturated carbocycles. The zero-order valence-electron chi connectivity index (χ0n) is 19.5. The average molecular weight is 505 g/mol. The summed E-state index contributed by atoms with van der Waals surface area (Å²) in [5.74, 6) is 0.907. The van der Waals surface area contributed by atoms with Crippen LogP contribution in [0, 0.1) is 0 Å². The lowest BCUT2D eigenvalue weighted by atomic mass is 10.2. The lowest BCUT2D eigenvalue weighted by Gasteiger charge is -2.14. The highest BCUT2D eigenvalue weighted by Gasteiger charge is 2.34. The van der Waals surface area contributed by atoms with Crippen molar-refractivity contribution < 1.29 is 28.6 Å². The number of nitrogens with zero attached hydrogens (tertiary/aromatic N) is 1. The second-order valence-corrected chi connectivity index (χ2v) is 8.60. The molecule has 3 aromatic carbocycles. The summed E-state index contributed by atoms with van der Waals surface area (Å²) in [4.78, 5) is 38.8. The largest absolute Gasteiger partial charge is 0.493 e. The lowest BCUT2D eigenvalue weighted by Crippen LogP contribution is -2.32. The van der Waals surface area contributed by atoms with Crippen molar-refractivity contribution in [2.24, 2.45) is 0 Å². The zero-order chi connectivity index (χ0) is 25.3. The SMILES string of the molecule is COc1ccccc1OCCN1C(=O)S/C(=C\c2cccc(OCC(=O)Nc3ccccc3)c2)C1=O. The van der Waals surface area contributed by atoms with E-state index in [1.807, 2.05) is 30.3 Å². The number of ether oxygens (including phenoxy) is 3. The molecule has 0 bridgehead atoms. The van der Waals surface area contributed by atoms with Crippen LogP contribution in [0.15, 0.2) is 83.8 Å². The molecule has 1 aliphatic rings. The summed E-state index contributed by atoms with van der Waals surface area (Å²) in [6, 6.07) is 23.2. The fourth-order valence-electron chi connectivity index (χ4n) is 3.39. The second-order valence-electron chi connectivity index (χ2n) is 7.61. The van der Waals surface area contributed by atoms with E-state index in [9.17, 15) is 14.4 Å². The molecule has 3 amide bonds. The summed E-state index contributed by atoms with van der Waals surface area (Å²) in [6.45, 7) is 0.0842. The number of imide groups is 1. The standard InChI is InChI=1S/C27H24N2O6S/c1-33-22-12-5-6-13-23(22)34-15-14-29-26(31)24(36-27(29)32)17-19-8-7-11-21(16-19)35-18-25(30)28-20-9-3-2-4-10-20/h2-13,16-17H,14-15,18H2,1H3,(H,28,30)/b24-17-. The number of thioether (sulfide) groups is 1. The predicted octanol–water partition coefficient (Wildman–Crippen LogP) is 4.83. The van der Waals surface area contributed by atoms with Crippen molar-refractivity contribution in [2.45, 2.75) is 0 Å². The van der Waals surface area contributed by atoms with Crippen molar-refractivity contribution in [3.8, 4) is 17.2 Å². The van der Waals surface area contributed by atoms with Crippen molar-refractivity contribution >= 4 is 40.6 Å². The molecular formula is C27H24N2O6S. The first-order chi connectivity index (χ1) is 17.5. The van der Waals surface area contributed by atoms with Gasteiger partial charge in [-0.15, -0.1) is 0 Å². The first-order valence-corrected chi connectivity index (χ1v) is 11.9. The van der Waals surface area contributed by atoms with E-state index in [0.29, 0.717) is 33.4 Å². The topological polar surface area (TPSA) is 94.2 Å². The number of hydrogen-bond donors (Lipinski definition) is 1. The van der Waals surface area contributed by atoms with Gasteiger partial charge in [-0.3, -0.25) is 19.3 Å². The van der Waals surface area contributed by atoms with Gasteiger partial charge in [-0.25, -0.2) is 0 Å². The summed E-state index contributed by atoms with van der Waals surface area (Å²) in [6.07, 6.45) is 1.63. The molecule has 1 saturated heterocycles. The normalized spacial score (nSPS) is 14.1. The van der Waals surface area contributed by atoms with Crippen molar-refractivity contribution in [2.75, 3.05) is 32.2 Å². The molecule has 1 aliphatic heterocycles. The van der Waals surface area contributed by atoms with Crippen LogP contribution in [0.4, 0.5) is 10.5 Å². The number of benzene rings is 3. The molecule has 1 fully saturated rings. The predicted molar refractivity (Wildman–Crippen MR) is 138 cm³/mol. The number of anilines is 1. The highest BCUT2D eigenvalue weighted by molar-refractivity contribution is 8.18. The van der Waals surface area contributed by atoms with E-state index in [1.165, 1.54) is 0 Å². The minimum absolute atomic E-state index is 0.111. The number of amides is 3. The van der Waals surface area contributed by atoms with Crippen LogP contribution in [-0.4, -0.2) is 48.8 Å². The molecule has 0 aliphatic carbocycles. The van der Waals surface area contributed by atoms with Gasteiger partial charge in [0.05, 0.1) is 18.6 Å².